The van der Waals surface area contributed by atoms with Gasteiger partial charge < -0.3 is 10.8 Å². The molecule has 0 bridgehead atoms. The molecule has 0 heterocycles. The van der Waals surface area contributed by atoms with Gasteiger partial charge in [0.1, 0.15) is 0 Å². The van der Waals surface area contributed by atoms with Crippen LogP contribution in [0.4, 0.5) is 5.69 Å². The summed E-state index contributed by atoms with van der Waals surface area (Å²) in [5.74, 6) is 0. The van der Waals surface area contributed by atoms with Gasteiger partial charge in [-0.15, -0.1) is 0 Å². The van der Waals surface area contributed by atoms with E-state index in [9.17, 15) is 23.6 Å². The van der Waals surface area contributed by atoms with Crippen molar-refractivity contribution < 1.29 is 18.4 Å². The average molecular weight is 422 g/mol. The Kier molecular flexibility index (Phi) is 8.27. The van der Waals surface area contributed by atoms with E-state index in [4.69, 9.17) is 5.73 Å². The Morgan fingerprint density at radius 2 is 1.90 bits per heavy atom. The topological polar surface area (TPSA) is 136 Å². The van der Waals surface area contributed by atoms with Gasteiger partial charge in [-0.25, -0.2) is 13.1 Å². The number of rotatable bonds is 11. The Balaban J connectivity index is 2.10. The van der Waals surface area contributed by atoms with Crippen molar-refractivity contribution in [3.05, 3.63) is 69.8 Å². The molecule has 0 aliphatic heterocycles. The lowest BCUT2D eigenvalue weighted by Gasteiger charge is -2.20. The number of aryl methyl sites for hydroxylation is 1. The molecule has 4 N–H and O–H groups in total. The van der Waals surface area contributed by atoms with E-state index in [0.717, 1.165) is 12.0 Å². The van der Waals surface area contributed by atoms with E-state index in [1.807, 2.05) is 37.3 Å². The molecular weight excluding hydrogens is 394 g/mol. The lowest BCUT2D eigenvalue weighted by molar-refractivity contribution is -0.385. The summed E-state index contributed by atoms with van der Waals surface area (Å²) in [6.07, 6.45) is 1.26. The fourth-order valence-electron chi connectivity index (χ4n) is 2.95. The standard InChI is InChI=1S/C20H27N3O5S/c1-2-3-9-16-13-17(23(25)26)10-11-20(16)29(27,28)22-14-19(24)18(21)12-15-7-5-4-6-8-15/h4-8,10-11,13,18-19,22,24H,2-3,9,12,14,21H2,1H3. The van der Waals surface area contributed by atoms with Crippen molar-refractivity contribution in [2.45, 2.75) is 49.6 Å². The molecule has 2 rings (SSSR count). The van der Waals surface area contributed by atoms with Crippen molar-refractivity contribution in [1.29, 1.82) is 0 Å². The van der Waals surface area contributed by atoms with E-state index < -0.39 is 27.1 Å². The molecule has 2 unspecified atom stereocenters. The van der Waals surface area contributed by atoms with Crippen molar-refractivity contribution in [2.75, 3.05) is 6.54 Å². The minimum absolute atomic E-state index is 0.0135. The van der Waals surface area contributed by atoms with Gasteiger partial charge in [0.05, 0.1) is 15.9 Å². The summed E-state index contributed by atoms with van der Waals surface area (Å²) in [6, 6.07) is 12.4. The molecule has 0 saturated carbocycles. The van der Waals surface area contributed by atoms with Crippen LogP contribution in [0, 0.1) is 10.1 Å². The van der Waals surface area contributed by atoms with Crippen LogP contribution >= 0.6 is 0 Å². The maximum Gasteiger partial charge on any atom is 0.269 e. The summed E-state index contributed by atoms with van der Waals surface area (Å²) in [6.45, 7) is 1.70. The minimum Gasteiger partial charge on any atom is -0.390 e. The number of nitrogens with one attached hydrogen (secondary N) is 1. The van der Waals surface area contributed by atoms with E-state index in [1.54, 1.807) is 0 Å². The monoisotopic (exact) mass is 421 g/mol. The van der Waals surface area contributed by atoms with Crippen molar-refractivity contribution in [1.82, 2.24) is 4.72 Å². The van der Waals surface area contributed by atoms with Crippen LogP contribution < -0.4 is 10.5 Å². The Morgan fingerprint density at radius 3 is 2.52 bits per heavy atom. The number of hydrogen-bond acceptors (Lipinski definition) is 6. The quantitative estimate of drug-likeness (QED) is 0.376. The summed E-state index contributed by atoms with van der Waals surface area (Å²) in [4.78, 5) is 10.5. The van der Waals surface area contributed by atoms with E-state index >= 15 is 0 Å². The van der Waals surface area contributed by atoms with Gasteiger partial charge in [-0.2, -0.15) is 0 Å². The highest BCUT2D eigenvalue weighted by atomic mass is 32.2. The summed E-state index contributed by atoms with van der Waals surface area (Å²) in [7, 11) is -3.95. The molecule has 0 aromatic heterocycles. The molecule has 2 aromatic carbocycles. The Hall–Kier alpha value is -2.33. The number of nitro benzene ring substituents is 1. The highest BCUT2D eigenvalue weighted by Crippen LogP contribution is 2.23. The van der Waals surface area contributed by atoms with Gasteiger partial charge in [-0.1, -0.05) is 43.7 Å². The van der Waals surface area contributed by atoms with Crippen LogP contribution in [0.2, 0.25) is 0 Å². The molecule has 0 amide bonds. The third-order valence-electron chi connectivity index (χ3n) is 4.64. The molecule has 0 saturated heterocycles. The Labute approximate surface area is 171 Å². The van der Waals surface area contributed by atoms with Crippen LogP contribution in [0.1, 0.15) is 30.9 Å². The summed E-state index contributed by atoms with van der Waals surface area (Å²) < 4.78 is 27.9. The molecule has 29 heavy (non-hydrogen) atoms. The first-order valence-electron chi connectivity index (χ1n) is 9.49. The predicted octanol–water partition coefficient (Wildman–Crippen LogP) is 2.15. The highest BCUT2D eigenvalue weighted by molar-refractivity contribution is 7.89. The molecule has 0 aliphatic rings. The van der Waals surface area contributed by atoms with Crippen LogP contribution in [0.25, 0.3) is 0 Å². The third kappa shape index (κ3) is 6.60. The van der Waals surface area contributed by atoms with Crippen molar-refractivity contribution in [3.8, 4) is 0 Å². The zero-order valence-corrected chi connectivity index (χ0v) is 17.1. The minimum atomic E-state index is -3.95. The normalized spacial score (nSPS) is 13.8. The van der Waals surface area contributed by atoms with Crippen LogP contribution in [0.3, 0.4) is 0 Å². The van der Waals surface area contributed by atoms with Gasteiger partial charge >= 0.3 is 0 Å². The van der Waals surface area contributed by atoms with Crippen LogP contribution in [-0.4, -0.2) is 37.1 Å². The van der Waals surface area contributed by atoms with Gasteiger partial charge in [-0.3, -0.25) is 10.1 Å². The van der Waals surface area contributed by atoms with Gasteiger partial charge in [0.15, 0.2) is 0 Å². The molecule has 8 nitrogen and oxygen atoms in total. The molecular formula is C20H27N3O5S. The number of nitro groups is 1. The predicted molar refractivity (Wildman–Crippen MR) is 111 cm³/mol. The zero-order valence-electron chi connectivity index (χ0n) is 16.3. The van der Waals surface area contributed by atoms with Gasteiger partial charge in [0.25, 0.3) is 5.69 Å². The highest BCUT2D eigenvalue weighted by Gasteiger charge is 2.23. The van der Waals surface area contributed by atoms with Crippen molar-refractivity contribution in [3.63, 3.8) is 0 Å². The van der Waals surface area contributed by atoms with Crippen LogP contribution in [0.5, 0.6) is 0 Å². The Morgan fingerprint density at radius 1 is 1.21 bits per heavy atom. The molecule has 2 atom stereocenters. The van der Waals surface area contributed by atoms with E-state index in [2.05, 4.69) is 4.72 Å². The first kappa shape index (κ1) is 23.0. The summed E-state index contributed by atoms with van der Waals surface area (Å²) in [5, 5.41) is 21.3. The number of nitrogens with zero attached hydrogens (tertiary/aromatic N) is 1. The van der Waals surface area contributed by atoms with E-state index in [1.165, 1.54) is 18.2 Å². The molecule has 2 aromatic rings. The van der Waals surface area contributed by atoms with E-state index in [0.29, 0.717) is 24.8 Å². The number of unbranched alkanes of at least 4 members (excludes halogenated alkanes) is 1. The molecule has 158 valence electrons. The maximum atomic E-state index is 12.7. The second kappa shape index (κ2) is 10.4. The van der Waals surface area contributed by atoms with Crippen molar-refractivity contribution in [2.24, 2.45) is 5.73 Å². The van der Waals surface area contributed by atoms with Crippen molar-refractivity contribution >= 4 is 15.7 Å². The van der Waals surface area contributed by atoms with Gasteiger partial charge in [0.2, 0.25) is 10.0 Å². The first-order chi connectivity index (χ1) is 13.7. The molecule has 9 heteroatoms. The number of non-ortho nitro benzene ring substituents is 1. The number of aliphatic hydroxyl groups is 1. The van der Waals surface area contributed by atoms with Gasteiger partial charge in [-0.05, 0) is 36.5 Å². The average Bonchev–Trinajstić information content (AvgIpc) is 2.70. The maximum absolute atomic E-state index is 12.7. The second-order valence-electron chi connectivity index (χ2n) is 6.93. The Bertz CT molecular complexity index is 919. The smallest absolute Gasteiger partial charge is 0.269 e. The van der Waals surface area contributed by atoms with Crippen LogP contribution in [-0.2, 0) is 22.9 Å². The number of aliphatic hydroxyl groups excluding tert-OH is 1. The van der Waals surface area contributed by atoms with E-state index in [-0.39, 0.29) is 17.1 Å². The summed E-state index contributed by atoms with van der Waals surface area (Å²) >= 11 is 0. The number of sulfonamides is 1. The molecule has 0 aliphatic carbocycles. The van der Waals surface area contributed by atoms with Crippen LogP contribution in [0.15, 0.2) is 53.4 Å². The fourth-order valence-corrected chi connectivity index (χ4v) is 4.25. The second-order valence-corrected chi connectivity index (χ2v) is 8.66. The molecule has 0 radical (unpaired) electrons. The zero-order chi connectivity index (χ0) is 21.4. The summed E-state index contributed by atoms with van der Waals surface area (Å²) in [5.41, 5.74) is 7.18. The largest absolute Gasteiger partial charge is 0.390 e. The fraction of sp³-hybridized carbons (Fsp3) is 0.400. The molecule has 0 spiro atoms. The number of nitrogens with two attached hydrogens (primary N) is 1. The number of hydrogen-bond donors (Lipinski definition) is 3. The van der Waals surface area contributed by atoms with Gasteiger partial charge in [0, 0.05) is 24.7 Å². The third-order valence-corrected chi connectivity index (χ3v) is 6.16. The molecule has 0 fully saturated rings. The SMILES string of the molecule is CCCCc1cc([N+](=O)[O-])ccc1S(=O)(=O)NCC(O)C(N)Cc1ccccc1. The lowest BCUT2D eigenvalue weighted by Crippen LogP contribution is -2.44. The number of benzene rings is 2. The first-order valence-corrected chi connectivity index (χ1v) is 11.0. The lowest BCUT2D eigenvalue weighted by atomic mass is 10.0.